The van der Waals surface area contributed by atoms with Gasteiger partial charge in [0, 0.05) is 19.3 Å². The number of aromatic nitrogens is 2. The number of morpholine rings is 1. The Hall–Kier alpha value is -1.69. The normalized spacial score (nSPS) is 19.7. The number of anilines is 1. The number of aryl methyl sites for hydroxylation is 1. The van der Waals surface area contributed by atoms with E-state index in [0.717, 1.165) is 18.2 Å². The molecule has 0 radical (unpaired) electrons. The summed E-state index contributed by atoms with van der Waals surface area (Å²) in [5.74, 6) is 1.37. The second kappa shape index (κ2) is 5.77. The van der Waals surface area contributed by atoms with Crippen molar-refractivity contribution in [1.82, 2.24) is 9.97 Å². The summed E-state index contributed by atoms with van der Waals surface area (Å²) >= 11 is 0. The summed E-state index contributed by atoms with van der Waals surface area (Å²) in [7, 11) is 1.39. The molecule has 18 heavy (non-hydrogen) atoms. The Morgan fingerprint density at radius 1 is 1.67 bits per heavy atom. The van der Waals surface area contributed by atoms with Crippen molar-refractivity contribution in [3.63, 3.8) is 0 Å². The standard InChI is InChI=1S/C12H17N3O3/c1-9-13-4-3-11(14-9)15-5-6-18-10(8-15)7-12(16)17-2/h3-4,10H,5-8H2,1-2H3. The molecule has 2 rings (SSSR count). The van der Waals surface area contributed by atoms with E-state index in [2.05, 4.69) is 19.6 Å². The zero-order chi connectivity index (χ0) is 13.0. The fourth-order valence-corrected chi connectivity index (χ4v) is 1.94. The first-order valence-corrected chi connectivity index (χ1v) is 5.92. The Labute approximate surface area is 106 Å². The highest BCUT2D eigenvalue weighted by molar-refractivity contribution is 5.69. The van der Waals surface area contributed by atoms with Crippen LogP contribution in [0, 0.1) is 6.92 Å². The summed E-state index contributed by atoms with van der Waals surface area (Å²) in [6, 6.07) is 1.87. The predicted octanol–water partition coefficient (Wildman–Crippen LogP) is 0.553. The van der Waals surface area contributed by atoms with Crippen LogP contribution in [-0.2, 0) is 14.3 Å². The molecular weight excluding hydrogens is 234 g/mol. The largest absolute Gasteiger partial charge is 0.469 e. The highest BCUT2D eigenvalue weighted by Crippen LogP contribution is 2.16. The third-order valence-corrected chi connectivity index (χ3v) is 2.85. The molecule has 0 amide bonds. The number of hydrogen-bond donors (Lipinski definition) is 0. The minimum Gasteiger partial charge on any atom is -0.469 e. The number of methoxy groups -OCH3 is 1. The van der Waals surface area contributed by atoms with Crippen LogP contribution in [0.3, 0.4) is 0 Å². The van der Waals surface area contributed by atoms with Crippen molar-refractivity contribution in [3.8, 4) is 0 Å². The van der Waals surface area contributed by atoms with Crippen LogP contribution in [0.25, 0.3) is 0 Å². The molecule has 98 valence electrons. The highest BCUT2D eigenvalue weighted by atomic mass is 16.5. The minimum absolute atomic E-state index is 0.138. The molecule has 0 saturated carbocycles. The van der Waals surface area contributed by atoms with Crippen LogP contribution in [0.1, 0.15) is 12.2 Å². The average Bonchev–Trinajstić information content (AvgIpc) is 2.39. The van der Waals surface area contributed by atoms with Crippen LogP contribution >= 0.6 is 0 Å². The quantitative estimate of drug-likeness (QED) is 0.731. The lowest BCUT2D eigenvalue weighted by molar-refractivity contribution is -0.144. The number of carbonyl (C=O) groups excluding carboxylic acids is 1. The molecule has 1 saturated heterocycles. The van der Waals surface area contributed by atoms with E-state index < -0.39 is 0 Å². The fraction of sp³-hybridized carbons (Fsp3) is 0.583. The number of rotatable bonds is 3. The summed E-state index contributed by atoms with van der Waals surface area (Å²) in [4.78, 5) is 21.8. The van der Waals surface area contributed by atoms with E-state index >= 15 is 0 Å². The Morgan fingerprint density at radius 2 is 2.50 bits per heavy atom. The third-order valence-electron chi connectivity index (χ3n) is 2.85. The molecule has 1 fully saturated rings. The molecule has 1 aromatic rings. The molecule has 2 heterocycles. The number of esters is 1. The molecule has 1 unspecified atom stereocenters. The van der Waals surface area contributed by atoms with Gasteiger partial charge in [0.25, 0.3) is 0 Å². The Balaban J connectivity index is 2.00. The maximum Gasteiger partial charge on any atom is 0.308 e. The summed E-state index contributed by atoms with van der Waals surface area (Å²) < 4.78 is 10.2. The molecule has 1 aliphatic heterocycles. The van der Waals surface area contributed by atoms with E-state index in [4.69, 9.17) is 4.74 Å². The first-order valence-electron chi connectivity index (χ1n) is 5.92. The number of hydrogen-bond acceptors (Lipinski definition) is 6. The molecular formula is C12H17N3O3. The van der Waals surface area contributed by atoms with E-state index in [1.807, 2.05) is 13.0 Å². The topological polar surface area (TPSA) is 64.5 Å². The van der Waals surface area contributed by atoms with Crippen molar-refractivity contribution in [3.05, 3.63) is 18.1 Å². The molecule has 1 aliphatic rings. The van der Waals surface area contributed by atoms with Crippen molar-refractivity contribution >= 4 is 11.8 Å². The molecule has 0 aromatic carbocycles. The molecule has 0 spiro atoms. The van der Waals surface area contributed by atoms with Crippen molar-refractivity contribution in [2.75, 3.05) is 31.7 Å². The van der Waals surface area contributed by atoms with Crippen LogP contribution < -0.4 is 4.90 Å². The molecule has 6 heteroatoms. The van der Waals surface area contributed by atoms with Crippen molar-refractivity contribution < 1.29 is 14.3 Å². The monoisotopic (exact) mass is 251 g/mol. The second-order valence-corrected chi connectivity index (χ2v) is 4.18. The van der Waals surface area contributed by atoms with Gasteiger partial charge < -0.3 is 14.4 Å². The van der Waals surface area contributed by atoms with Crippen LogP contribution in [0.5, 0.6) is 0 Å². The van der Waals surface area contributed by atoms with Gasteiger partial charge in [-0.25, -0.2) is 9.97 Å². The molecule has 0 aliphatic carbocycles. The van der Waals surface area contributed by atoms with E-state index in [1.165, 1.54) is 7.11 Å². The summed E-state index contributed by atoms with van der Waals surface area (Å²) in [5.41, 5.74) is 0. The van der Waals surface area contributed by atoms with Crippen LogP contribution in [0.15, 0.2) is 12.3 Å². The van der Waals surface area contributed by atoms with Gasteiger partial charge >= 0.3 is 5.97 Å². The fourth-order valence-electron chi connectivity index (χ4n) is 1.94. The minimum atomic E-state index is -0.249. The molecule has 0 N–H and O–H groups in total. The Kier molecular flexibility index (Phi) is 4.09. The molecule has 1 aromatic heterocycles. The maximum atomic E-state index is 11.2. The van der Waals surface area contributed by atoms with Gasteiger partial charge in [0.2, 0.25) is 0 Å². The van der Waals surface area contributed by atoms with Crippen molar-refractivity contribution in [2.45, 2.75) is 19.4 Å². The number of carbonyl (C=O) groups is 1. The predicted molar refractivity (Wildman–Crippen MR) is 65.4 cm³/mol. The van der Waals surface area contributed by atoms with Gasteiger partial charge in [0.05, 0.1) is 26.2 Å². The van der Waals surface area contributed by atoms with Gasteiger partial charge in [-0.05, 0) is 13.0 Å². The molecule has 0 bridgehead atoms. The second-order valence-electron chi connectivity index (χ2n) is 4.18. The number of nitrogens with zero attached hydrogens (tertiary/aromatic N) is 3. The van der Waals surface area contributed by atoms with Gasteiger partial charge in [0.15, 0.2) is 0 Å². The van der Waals surface area contributed by atoms with E-state index in [-0.39, 0.29) is 18.5 Å². The zero-order valence-electron chi connectivity index (χ0n) is 10.6. The van der Waals surface area contributed by atoms with Crippen molar-refractivity contribution in [1.29, 1.82) is 0 Å². The van der Waals surface area contributed by atoms with Gasteiger partial charge in [-0.3, -0.25) is 4.79 Å². The SMILES string of the molecule is COC(=O)CC1CN(c2ccnc(C)n2)CCO1. The Morgan fingerprint density at radius 3 is 3.22 bits per heavy atom. The van der Waals surface area contributed by atoms with Crippen LogP contribution in [-0.4, -0.2) is 48.8 Å². The van der Waals surface area contributed by atoms with E-state index in [1.54, 1.807) is 6.20 Å². The lowest BCUT2D eigenvalue weighted by atomic mass is 10.2. The lowest BCUT2D eigenvalue weighted by Crippen LogP contribution is -2.43. The first kappa shape index (κ1) is 12.8. The molecule has 6 nitrogen and oxygen atoms in total. The van der Waals surface area contributed by atoms with Crippen molar-refractivity contribution in [2.24, 2.45) is 0 Å². The van der Waals surface area contributed by atoms with Gasteiger partial charge in [-0.2, -0.15) is 0 Å². The highest BCUT2D eigenvalue weighted by Gasteiger charge is 2.24. The van der Waals surface area contributed by atoms with Gasteiger partial charge in [-0.15, -0.1) is 0 Å². The van der Waals surface area contributed by atoms with E-state index in [0.29, 0.717) is 13.2 Å². The van der Waals surface area contributed by atoms with Gasteiger partial charge in [0.1, 0.15) is 11.6 Å². The van der Waals surface area contributed by atoms with Gasteiger partial charge in [-0.1, -0.05) is 0 Å². The summed E-state index contributed by atoms with van der Waals surface area (Å²) in [6.45, 7) is 3.86. The maximum absolute atomic E-state index is 11.2. The molecule has 1 atom stereocenters. The smallest absolute Gasteiger partial charge is 0.308 e. The Bertz CT molecular complexity index is 425. The lowest BCUT2D eigenvalue weighted by Gasteiger charge is -2.33. The summed E-state index contributed by atoms with van der Waals surface area (Å²) in [6.07, 6.45) is 1.88. The van der Waals surface area contributed by atoms with Crippen LogP contribution in [0.4, 0.5) is 5.82 Å². The first-order chi connectivity index (χ1) is 8.69. The third kappa shape index (κ3) is 3.16. The zero-order valence-corrected chi connectivity index (χ0v) is 10.6. The van der Waals surface area contributed by atoms with Crippen LogP contribution in [0.2, 0.25) is 0 Å². The summed E-state index contributed by atoms with van der Waals surface area (Å²) in [5, 5.41) is 0. The average molecular weight is 251 g/mol. The van der Waals surface area contributed by atoms with E-state index in [9.17, 15) is 4.79 Å². The number of ether oxygens (including phenoxy) is 2.